The van der Waals surface area contributed by atoms with Crippen molar-refractivity contribution in [2.75, 3.05) is 14.2 Å². The predicted molar refractivity (Wildman–Crippen MR) is 42.8 cm³/mol. The third-order valence-electron chi connectivity index (χ3n) is 1.52. The summed E-state index contributed by atoms with van der Waals surface area (Å²) in [5.41, 5.74) is -0.288. The van der Waals surface area contributed by atoms with Crippen LogP contribution >= 0.6 is 0 Å². The zero-order chi connectivity index (χ0) is 9.14. The van der Waals surface area contributed by atoms with Gasteiger partial charge in [-0.2, -0.15) is 0 Å². The van der Waals surface area contributed by atoms with Gasteiger partial charge in [0.2, 0.25) is 11.5 Å². The summed E-state index contributed by atoms with van der Waals surface area (Å²) in [6, 6.07) is 0. The van der Waals surface area contributed by atoms with Crippen molar-refractivity contribution in [2.24, 2.45) is 0 Å². The first-order chi connectivity index (χ1) is 5.70. The van der Waals surface area contributed by atoms with Crippen LogP contribution < -0.4 is 14.9 Å². The molecule has 0 radical (unpaired) electrons. The smallest absolute Gasteiger partial charge is 0.268 e. The van der Waals surface area contributed by atoms with E-state index < -0.39 is 0 Å². The summed E-state index contributed by atoms with van der Waals surface area (Å²) in [6.07, 6.45) is 1.26. The molecule has 0 spiro atoms. The quantitative estimate of drug-likeness (QED) is 0.663. The number of aryl methyl sites for hydroxylation is 1. The van der Waals surface area contributed by atoms with Crippen LogP contribution in [0.2, 0.25) is 0 Å². The van der Waals surface area contributed by atoms with E-state index in [1.54, 1.807) is 6.92 Å². The van der Waals surface area contributed by atoms with Crippen molar-refractivity contribution in [1.82, 2.24) is 0 Å². The van der Waals surface area contributed by atoms with Gasteiger partial charge in [0.1, 0.15) is 12.0 Å². The van der Waals surface area contributed by atoms with Crippen molar-refractivity contribution < 1.29 is 13.9 Å². The van der Waals surface area contributed by atoms with Crippen molar-refractivity contribution >= 4 is 0 Å². The lowest BCUT2D eigenvalue weighted by atomic mass is 10.3. The Morgan fingerprint density at radius 3 is 2.50 bits per heavy atom. The third-order valence-corrected chi connectivity index (χ3v) is 1.52. The highest BCUT2D eigenvalue weighted by atomic mass is 16.5. The zero-order valence-corrected chi connectivity index (χ0v) is 7.21. The van der Waals surface area contributed by atoms with Gasteiger partial charge < -0.3 is 13.9 Å². The first-order valence-electron chi connectivity index (χ1n) is 3.41. The second-order valence-electron chi connectivity index (χ2n) is 2.22. The number of rotatable bonds is 2. The molecule has 0 saturated carbocycles. The molecule has 1 heterocycles. The Morgan fingerprint density at radius 2 is 2.00 bits per heavy atom. The number of hydrogen-bond acceptors (Lipinski definition) is 4. The lowest BCUT2D eigenvalue weighted by Crippen LogP contribution is -2.09. The molecule has 0 bridgehead atoms. The van der Waals surface area contributed by atoms with E-state index in [2.05, 4.69) is 0 Å². The Balaban J connectivity index is 3.34. The molecule has 0 aliphatic heterocycles. The maximum absolute atomic E-state index is 11.3. The molecular formula is C8H10O4. The summed E-state index contributed by atoms with van der Waals surface area (Å²) >= 11 is 0. The molecule has 12 heavy (non-hydrogen) atoms. The molecule has 4 nitrogen and oxygen atoms in total. The Kier molecular flexibility index (Phi) is 2.38. The fourth-order valence-corrected chi connectivity index (χ4v) is 0.898. The van der Waals surface area contributed by atoms with Gasteiger partial charge >= 0.3 is 0 Å². The monoisotopic (exact) mass is 170 g/mol. The second-order valence-corrected chi connectivity index (χ2v) is 2.22. The van der Waals surface area contributed by atoms with E-state index in [1.807, 2.05) is 0 Å². The van der Waals surface area contributed by atoms with Crippen molar-refractivity contribution in [1.29, 1.82) is 0 Å². The summed E-state index contributed by atoms with van der Waals surface area (Å²) in [6.45, 7) is 1.65. The molecule has 1 aromatic heterocycles. The fourth-order valence-electron chi connectivity index (χ4n) is 0.898. The third kappa shape index (κ3) is 1.28. The van der Waals surface area contributed by atoms with Crippen LogP contribution in [0.1, 0.15) is 5.76 Å². The maximum Gasteiger partial charge on any atom is 0.268 e. The van der Waals surface area contributed by atoms with Crippen LogP contribution in [0, 0.1) is 6.92 Å². The highest BCUT2D eigenvalue weighted by molar-refractivity contribution is 5.31. The number of ether oxygens (including phenoxy) is 2. The van der Waals surface area contributed by atoms with Gasteiger partial charge in [-0.3, -0.25) is 4.79 Å². The largest absolute Gasteiger partial charge is 0.490 e. The van der Waals surface area contributed by atoms with Crippen molar-refractivity contribution in [3.63, 3.8) is 0 Å². The van der Waals surface area contributed by atoms with Gasteiger partial charge in [-0.15, -0.1) is 0 Å². The molecule has 0 aliphatic rings. The van der Waals surface area contributed by atoms with E-state index in [9.17, 15) is 4.79 Å². The fraction of sp³-hybridized carbons (Fsp3) is 0.375. The SMILES string of the molecule is COc1coc(C)c(OC)c1=O. The summed E-state index contributed by atoms with van der Waals surface area (Å²) < 4.78 is 14.6. The highest BCUT2D eigenvalue weighted by Crippen LogP contribution is 2.15. The maximum atomic E-state index is 11.3. The van der Waals surface area contributed by atoms with Gasteiger partial charge in [0.25, 0.3) is 5.43 Å². The van der Waals surface area contributed by atoms with Gasteiger partial charge in [0.05, 0.1) is 14.2 Å². The Labute approximate surface area is 69.7 Å². The van der Waals surface area contributed by atoms with Gasteiger partial charge in [-0.05, 0) is 6.92 Å². The molecule has 0 aliphatic carbocycles. The topological polar surface area (TPSA) is 48.7 Å². The first-order valence-corrected chi connectivity index (χ1v) is 3.41. The molecule has 0 fully saturated rings. The van der Waals surface area contributed by atoms with Gasteiger partial charge in [-0.1, -0.05) is 0 Å². The Hall–Kier alpha value is -1.45. The van der Waals surface area contributed by atoms with E-state index in [0.29, 0.717) is 5.76 Å². The van der Waals surface area contributed by atoms with E-state index in [-0.39, 0.29) is 16.9 Å². The van der Waals surface area contributed by atoms with Crippen LogP contribution in [0.15, 0.2) is 15.5 Å². The molecule has 0 atom stereocenters. The van der Waals surface area contributed by atoms with Crippen LogP contribution in [-0.2, 0) is 0 Å². The van der Waals surface area contributed by atoms with Crippen molar-refractivity contribution in [2.45, 2.75) is 6.92 Å². The summed E-state index contributed by atoms with van der Waals surface area (Å²) in [5, 5.41) is 0. The molecule has 0 unspecified atom stereocenters. The molecule has 1 rings (SSSR count). The van der Waals surface area contributed by atoms with E-state index in [4.69, 9.17) is 13.9 Å². The van der Waals surface area contributed by atoms with Crippen molar-refractivity contribution in [3.8, 4) is 11.5 Å². The first kappa shape index (κ1) is 8.64. The number of hydrogen-bond donors (Lipinski definition) is 0. The van der Waals surface area contributed by atoms with Crippen LogP contribution in [0.4, 0.5) is 0 Å². The molecule has 1 aromatic rings. The average molecular weight is 170 g/mol. The minimum Gasteiger partial charge on any atom is -0.490 e. The molecule has 4 heteroatoms. The van der Waals surface area contributed by atoms with Crippen molar-refractivity contribution in [3.05, 3.63) is 22.2 Å². The predicted octanol–water partition coefficient (Wildman–Crippen LogP) is 0.965. The van der Waals surface area contributed by atoms with E-state index in [1.165, 1.54) is 20.5 Å². The van der Waals surface area contributed by atoms with Crippen LogP contribution in [0.5, 0.6) is 11.5 Å². The van der Waals surface area contributed by atoms with Gasteiger partial charge in [-0.25, -0.2) is 0 Å². The molecule has 0 amide bonds. The second kappa shape index (κ2) is 3.30. The lowest BCUT2D eigenvalue weighted by Gasteiger charge is -2.03. The molecule has 0 aromatic carbocycles. The highest BCUT2D eigenvalue weighted by Gasteiger charge is 2.10. The minimum atomic E-state index is -0.288. The molecule has 0 saturated heterocycles. The summed E-state index contributed by atoms with van der Waals surface area (Å²) in [4.78, 5) is 11.3. The lowest BCUT2D eigenvalue weighted by molar-refractivity contribution is 0.343. The van der Waals surface area contributed by atoms with Crippen LogP contribution in [-0.4, -0.2) is 14.2 Å². The average Bonchev–Trinajstić information content (AvgIpc) is 2.06. The summed E-state index contributed by atoms with van der Waals surface area (Å²) in [7, 11) is 2.82. The van der Waals surface area contributed by atoms with Gasteiger partial charge in [0, 0.05) is 0 Å². The van der Waals surface area contributed by atoms with Crippen LogP contribution in [0.3, 0.4) is 0 Å². The molecule has 66 valence electrons. The standard InChI is InChI=1S/C8H10O4/c1-5-8(11-3)7(9)6(10-2)4-12-5/h4H,1-3H3. The van der Waals surface area contributed by atoms with E-state index >= 15 is 0 Å². The normalized spacial score (nSPS) is 9.58. The molecule has 0 N–H and O–H groups in total. The zero-order valence-electron chi connectivity index (χ0n) is 7.21. The van der Waals surface area contributed by atoms with Crippen LogP contribution in [0.25, 0.3) is 0 Å². The Bertz CT molecular complexity index is 326. The summed E-state index contributed by atoms with van der Waals surface area (Å²) in [5.74, 6) is 0.787. The van der Waals surface area contributed by atoms with Gasteiger partial charge in [0.15, 0.2) is 0 Å². The minimum absolute atomic E-state index is 0.150. The van der Waals surface area contributed by atoms with E-state index in [0.717, 1.165) is 0 Å². The number of methoxy groups -OCH3 is 2. The Morgan fingerprint density at radius 1 is 1.33 bits per heavy atom. The molecular weight excluding hydrogens is 160 g/mol.